The maximum Gasteiger partial charge on any atom is 0.308 e. The third-order valence-electron chi connectivity index (χ3n) is 6.31. The van der Waals surface area contributed by atoms with E-state index in [1.165, 1.54) is 13.3 Å². The van der Waals surface area contributed by atoms with Crippen molar-refractivity contribution in [1.29, 1.82) is 0 Å². The first-order valence-corrected chi connectivity index (χ1v) is 12.0. The largest absolute Gasteiger partial charge is 0.489 e. The molecule has 1 amide bonds. The fraction of sp³-hybridized carbons (Fsp3) is 0.333. The molecule has 1 unspecified atom stereocenters. The summed E-state index contributed by atoms with van der Waals surface area (Å²) in [6, 6.07) is 16.8. The molecule has 1 heterocycles. The summed E-state index contributed by atoms with van der Waals surface area (Å²) in [5.74, 6) is 0.0133. The SMILES string of the molecule is COC(=O)[C@H]1CC[C@H](C(=O)NC(c2cccc(OCc3ccccc3)c2)c2nccnc2Cl)CC1. The number of methoxy groups -OCH3 is 1. The second-order valence-electron chi connectivity index (χ2n) is 8.59. The number of nitrogens with zero attached hydrogens (tertiary/aromatic N) is 2. The van der Waals surface area contributed by atoms with Crippen molar-refractivity contribution < 1.29 is 19.1 Å². The second-order valence-corrected chi connectivity index (χ2v) is 8.95. The molecule has 0 radical (unpaired) electrons. The summed E-state index contributed by atoms with van der Waals surface area (Å²) in [5, 5.41) is 3.35. The molecular weight excluding hydrogens is 466 g/mol. The Labute approximate surface area is 209 Å². The van der Waals surface area contributed by atoms with Crippen LogP contribution in [0, 0.1) is 11.8 Å². The van der Waals surface area contributed by atoms with Gasteiger partial charge in [-0.25, -0.2) is 4.98 Å². The zero-order valence-corrected chi connectivity index (χ0v) is 20.3. The molecule has 35 heavy (non-hydrogen) atoms. The maximum absolute atomic E-state index is 13.3. The highest BCUT2D eigenvalue weighted by Crippen LogP contribution is 2.32. The second kappa shape index (κ2) is 11.8. The molecule has 1 atom stereocenters. The predicted octanol–water partition coefficient (Wildman–Crippen LogP) is 4.89. The predicted molar refractivity (Wildman–Crippen MR) is 132 cm³/mol. The van der Waals surface area contributed by atoms with Gasteiger partial charge in [-0.1, -0.05) is 54.1 Å². The van der Waals surface area contributed by atoms with Crippen molar-refractivity contribution >= 4 is 23.5 Å². The van der Waals surface area contributed by atoms with Crippen LogP contribution in [0.1, 0.15) is 48.5 Å². The summed E-state index contributed by atoms with van der Waals surface area (Å²) < 4.78 is 10.8. The first kappa shape index (κ1) is 24.7. The van der Waals surface area contributed by atoms with Crippen LogP contribution in [0.4, 0.5) is 0 Å². The van der Waals surface area contributed by atoms with E-state index in [1.807, 2.05) is 54.6 Å². The van der Waals surface area contributed by atoms with Gasteiger partial charge in [0.1, 0.15) is 18.1 Å². The molecule has 4 rings (SSSR count). The number of carbonyl (C=O) groups excluding carboxylic acids is 2. The number of rotatable bonds is 8. The Balaban J connectivity index is 1.51. The first-order chi connectivity index (χ1) is 17.0. The van der Waals surface area contributed by atoms with Crippen molar-refractivity contribution in [2.45, 2.75) is 38.3 Å². The summed E-state index contributed by atoms with van der Waals surface area (Å²) >= 11 is 6.38. The van der Waals surface area contributed by atoms with Crippen molar-refractivity contribution in [3.05, 3.63) is 89.0 Å². The van der Waals surface area contributed by atoms with Crippen molar-refractivity contribution in [3.8, 4) is 5.75 Å². The number of halogens is 1. The lowest BCUT2D eigenvalue weighted by molar-refractivity contribution is -0.147. The quantitative estimate of drug-likeness (QED) is 0.449. The van der Waals surface area contributed by atoms with Gasteiger partial charge < -0.3 is 14.8 Å². The number of ether oxygens (including phenoxy) is 2. The lowest BCUT2D eigenvalue weighted by atomic mass is 9.81. The van der Waals surface area contributed by atoms with E-state index >= 15 is 0 Å². The van der Waals surface area contributed by atoms with Gasteiger partial charge in [0.25, 0.3) is 0 Å². The van der Waals surface area contributed by atoms with Gasteiger partial charge in [0.2, 0.25) is 5.91 Å². The summed E-state index contributed by atoms with van der Waals surface area (Å²) in [6.45, 7) is 0.427. The van der Waals surface area contributed by atoms with Crippen LogP contribution in [-0.2, 0) is 20.9 Å². The Morgan fingerprint density at radius 2 is 1.71 bits per heavy atom. The van der Waals surface area contributed by atoms with Crippen molar-refractivity contribution in [1.82, 2.24) is 15.3 Å². The minimum atomic E-state index is -0.595. The molecular formula is C27H28ClN3O4. The van der Waals surface area contributed by atoms with Crippen molar-refractivity contribution in [2.24, 2.45) is 11.8 Å². The zero-order valence-electron chi connectivity index (χ0n) is 19.5. The highest BCUT2D eigenvalue weighted by atomic mass is 35.5. The monoisotopic (exact) mass is 493 g/mol. The van der Waals surface area contributed by atoms with Crippen molar-refractivity contribution in [3.63, 3.8) is 0 Å². The van der Waals surface area contributed by atoms with E-state index in [0.717, 1.165) is 11.1 Å². The van der Waals surface area contributed by atoms with E-state index in [-0.39, 0.29) is 28.9 Å². The molecule has 182 valence electrons. The van der Waals surface area contributed by atoms with Crippen molar-refractivity contribution in [2.75, 3.05) is 7.11 Å². The topological polar surface area (TPSA) is 90.4 Å². The summed E-state index contributed by atoms with van der Waals surface area (Å²) in [7, 11) is 1.40. The lowest BCUT2D eigenvalue weighted by Gasteiger charge is -2.28. The van der Waals surface area contributed by atoms with E-state index in [0.29, 0.717) is 43.7 Å². The minimum absolute atomic E-state index is 0.101. The summed E-state index contributed by atoms with van der Waals surface area (Å²) in [5.41, 5.74) is 2.31. The van der Waals surface area contributed by atoms with Crippen LogP contribution in [0.2, 0.25) is 5.15 Å². The lowest BCUT2D eigenvalue weighted by Crippen LogP contribution is -2.37. The van der Waals surface area contributed by atoms with Gasteiger partial charge >= 0.3 is 5.97 Å². The molecule has 1 aliphatic carbocycles. The van der Waals surface area contributed by atoms with Crippen LogP contribution < -0.4 is 10.1 Å². The smallest absolute Gasteiger partial charge is 0.308 e. The number of carbonyl (C=O) groups is 2. The normalized spacial score (nSPS) is 18.3. The summed E-state index contributed by atoms with van der Waals surface area (Å²) in [4.78, 5) is 33.7. The third kappa shape index (κ3) is 6.36. The standard InChI is InChI=1S/C27H28ClN3O4/c1-34-27(33)20-12-10-19(11-13-20)26(32)31-23(24-25(28)30-15-14-29-24)21-8-5-9-22(16-21)35-17-18-6-3-2-4-7-18/h2-9,14-16,19-20,23H,10-13,17H2,1H3,(H,31,32)/t19-,20-,23?. The van der Waals surface area contributed by atoms with Gasteiger partial charge in [-0.2, -0.15) is 0 Å². The summed E-state index contributed by atoms with van der Waals surface area (Å²) in [6.07, 6.45) is 5.56. The number of hydrogen-bond donors (Lipinski definition) is 1. The van der Waals surface area contributed by atoms with E-state index in [1.54, 1.807) is 6.20 Å². The van der Waals surface area contributed by atoms with E-state index in [4.69, 9.17) is 21.1 Å². The van der Waals surface area contributed by atoms with Crippen LogP contribution >= 0.6 is 11.6 Å². The Bertz CT molecular complexity index is 1150. The Morgan fingerprint density at radius 3 is 2.43 bits per heavy atom. The average Bonchev–Trinajstić information content (AvgIpc) is 2.91. The Kier molecular flexibility index (Phi) is 8.32. The van der Waals surface area contributed by atoms with E-state index < -0.39 is 6.04 Å². The molecule has 0 spiro atoms. The van der Waals surface area contributed by atoms with Crippen LogP contribution in [0.25, 0.3) is 0 Å². The van der Waals surface area contributed by atoms with Gasteiger partial charge in [-0.05, 0) is 48.9 Å². The van der Waals surface area contributed by atoms with Crippen LogP contribution in [0.3, 0.4) is 0 Å². The van der Waals surface area contributed by atoms with Gasteiger partial charge in [0.05, 0.1) is 19.1 Å². The average molecular weight is 494 g/mol. The fourth-order valence-corrected chi connectivity index (χ4v) is 4.59. The van der Waals surface area contributed by atoms with Gasteiger partial charge in [0, 0.05) is 18.3 Å². The molecule has 7 nitrogen and oxygen atoms in total. The highest BCUT2D eigenvalue weighted by molar-refractivity contribution is 6.30. The molecule has 3 aromatic rings. The highest BCUT2D eigenvalue weighted by Gasteiger charge is 2.32. The Hall–Kier alpha value is -3.45. The molecule has 1 aromatic heterocycles. The zero-order chi connectivity index (χ0) is 24.6. The number of esters is 1. The fourth-order valence-electron chi connectivity index (χ4n) is 4.38. The number of amides is 1. The van der Waals surface area contributed by atoms with Crippen LogP contribution in [-0.4, -0.2) is 29.0 Å². The molecule has 1 N–H and O–H groups in total. The number of aromatic nitrogens is 2. The Morgan fingerprint density at radius 1 is 1.00 bits per heavy atom. The molecule has 1 saturated carbocycles. The minimum Gasteiger partial charge on any atom is -0.489 e. The molecule has 0 aliphatic heterocycles. The number of nitrogens with one attached hydrogen (secondary N) is 1. The molecule has 0 bridgehead atoms. The van der Waals surface area contributed by atoms with Crippen LogP contribution in [0.5, 0.6) is 5.75 Å². The number of hydrogen-bond acceptors (Lipinski definition) is 6. The van der Waals surface area contributed by atoms with Gasteiger partial charge in [-0.15, -0.1) is 0 Å². The molecule has 1 aliphatic rings. The molecule has 0 saturated heterocycles. The third-order valence-corrected chi connectivity index (χ3v) is 6.60. The van der Waals surface area contributed by atoms with E-state index in [2.05, 4.69) is 15.3 Å². The van der Waals surface area contributed by atoms with Gasteiger partial charge in [0.15, 0.2) is 5.15 Å². The molecule has 8 heteroatoms. The maximum atomic E-state index is 13.3. The first-order valence-electron chi connectivity index (χ1n) is 11.7. The molecule has 1 fully saturated rings. The van der Waals surface area contributed by atoms with E-state index in [9.17, 15) is 9.59 Å². The molecule has 2 aromatic carbocycles. The van der Waals surface area contributed by atoms with Gasteiger partial charge in [-0.3, -0.25) is 14.6 Å². The number of benzene rings is 2. The van der Waals surface area contributed by atoms with Crippen LogP contribution in [0.15, 0.2) is 67.0 Å².